The molecule has 0 saturated carbocycles. The first-order valence-corrected chi connectivity index (χ1v) is 5.01. The lowest BCUT2D eigenvalue weighted by atomic mass is 10.3. The van der Waals surface area contributed by atoms with E-state index < -0.39 is 6.10 Å². The van der Waals surface area contributed by atoms with Gasteiger partial charge in [-0.3, -0.25) is 0 Å². The Hall–Kier alpha value is -0.100. The maximum atomic E-state index is 9.37. The number of hydrogen-bond acceptors (Lipinski definition) is 4. The highest BCUT2D eigenvalue weighted by molar-refractivity contribution is 9.10. The second-order valence-electron chi connectivity index (χ2n) is 2.24. The molecule has 0 aliphatic carbocycles. The third-order valence-corrected chi connectivity index (χ3v) is 3.46. The number of rotatable bonds is 3. The van der Waals surface area contributed by atoms with Crippen molar-refractivity contribution in [1.82, 2.24) is 0 Å². The zero-order chi connectivity index (χ0) is 9.14. The molecule has 3 N–H and O–H groups in total. The van der Waals surface area contributed by atoms with Crippen molar-refractivity contribution < 1.29 is 9.84 Å². The smallest absolute Gasteiger partial charge is 0.188 e. The lowest BCUT2D eigenvalue weighted by molar-refractivity contribution is 0.190. The van der Waals surface area contributed by atoms with Crippen molar-refractivity contribution in [2.75, 3.05) is 13.7 Å². The molecular weight excluding hydrogens is 242 g/mol. The minimum Gasteiger partial charge on any atom is -0.486 e. The molecule has 0 saturated heterocycles. The van der Waals surface area contributed by atoms with Gasteiger partial charge in [-0.25, -0.2) is 0 Å². The van der Waals surface area contributed by atoms with Crippen LogP contribution in [-0.2, 0) is 0 Å². The molecule has 1 aromatic heterocycles. The van der Waals surface area contributed by atoms with Crippen molar-refractivity contribution in [3.8, 4) is 5.06 Å². The Bertz CT molecular complexity index is 264. The van der Waals surface area contributed by atoms with Gasteiger partial charge in [0.1, 0.15) is 6.10 Å². The Morgan fingerprint density at radius 2 is 2.50 bits per heavy atom. The van der Waals surface area contributed by atoms with Crippen molar-refractivity contribution in [2.24, 2.45) is 5.73 Å². The molecule has 0 aliphatic heterocycles. The molecule has 0 amide bonds. The Kier molecular flexibility index (Phi) is 3.52. The van der Waals surface area contributed by atoms with Gasteiger partial charge >= 0.3 is 0 Å². The summed E-state index contributed by atoms with van der Waals surface area (Å²) in [6, 6.07) is 1.82. The van der Waals surface area contributed by atoms with Gasteiger partial charge in [0.05, 0.1) is 11.6 Å². The Balaban J connectivity index is 2.88. The van der Waals surface area contributed by atoms with E-state index in [9.17, 15) is 5.11 Å². The molecule has 12 heavy (non-hydrogen) atoms. The van der Waals surface area contributed by atoms with Crippen molar-refractivity contribution in [1.29, 1.82) is 0 Å². The lowest BCUT2D eigenvalue weighted by Gasteiger charge is -2.01. The fourth-order valence-electron chi connectivity index (χ4n) is 0.789. The van der Waals surface area contributed by atoms with E-state index in [0.29, 0.717) is 0 Å². The summed E-state index contributed by atoms with van der Waals surface area (Å²) in [6.45, 7) is 0.232. The summed E-state index contributed by atoms with van der Waals surface area (Å²) in [4.78, 5) is 0.821. The molecule has 0 fully saturated rings. The highest BCUT2D eigenvalue weighted by Gasteiger charge is 2.12. The first-order chi connectivity index (χ1) is 5.69. The number of methoxy groups -OCH3 is 1. The quantitative estimate of drug-likeness (QED) is 0.857. The molecule has 3 nitrogen and oxygen atoms in total. The first-order valence-electron chi connectivity index (χ1n) is 3.40. The number of nitrogens with two attached hydrogens (primary N) is 1. The third-order valence-electron chi connectivity index (χ3n) is 1.41. The Morgan fingerprint density at radius 1 is 1.83 bits per heavy atom. The number of hydrogen-bond donors (Lipinski definition) is 2. The molecular formula is C7H10BrNO2S. The van der Waals surface area contributed by atoms with Crippen LogP contribution in [0.4, 0.5) is 0 Å². The molecule has 0 bridgehead atoms. The minimum atomic E-state index is -0.588. The number of ether oxygens (including phenoxy) is 1. The van der Waals surface area contributed by atoms with Crippen LogP contribution in [0, 0.1) is 0 Å². The van der Waals surface area contributed by atoms with Crippen molar-refractivity contribution >= 4 is 27.3 Å². The fraction of sp³-hybridized carbons (Fsp3) is 0.429. The molecule has 0 spiro atoms. The molecule has 5 heteroatoms. The highest BCUT2D eigenvalue weighted by Crippen LogP contribution is 2.37. The van der Waals surface area contributed by atoms with Gasteiger partial charge in [0.15, 0.2) is 5.06 Å². The van der Waals surface area contributed by atoms with E-state index in [1.54, 1.807) is 7.11 Å². The second-order valence-corrected chi connectivity index (χ2v) is 4.14. The highest BCUT2D eigenvalue weighted by atomic mass is 79.9. The molecule has 1 rings (SSSR count). The van der Waals surface area contributed by atoms with Crippen LogP contribution in [0.5, 0.6) is 5.06 Å². The number of halogens is 1. The summed E-state index contributed by atoms with van der Waals surface area (Å²) >= 11 is 4.70. The van der Waals surface area contributed by atoms with Crippen molar-refractivity contribution in [3.63, 3.8) is 0 Å². The van der Waals surface area contributed by atoms with Crippen LogP contribution in [-0.4, -0.2) is 18.8 Å². The van der Waals surface area contributed by atoms with Crippen LogP contribution >= 0.6 is 27.3 Å². The van der Waals surface area contributed by atoms with Gasteiger partial charge in [0.2, 0.25) is 0 Å². The zero-order valence-corrected chi connectivity index (χ0v) is 8.98. The van der Waals surface area contributed by atoms with Crippen LogP contribution < -0.4 is 10.5 Å². The minimum absolute atomic E-state index is 0.232. The van der Waals surface area contributed by atoms with Crippen molar-refractivity contribution in [2.45, 2.75) is 6.10 Å². The average Bonchev–Trinajstić information content (AvgIpc) is 2.45. The van der Waals surface area contributed by atoms with E-state index >= 15 is 0 Å². The molecule has 0 unspecified atom stereocenters. The zero-order valence-electron chi connectivity index (χ0n) is 6.58. The largest absolute Gasteiger partial charge is 0.486 e. The summed E-state index contributed by atoms with van der Waals surface area (Å²) in [5.41, 5.74) is 5.31. The van der Waals surface area contributed by atoms with Gasteiger partial charge in [-0.1, -0.05) is 0 Å². The maximum Gasteiger partial charge on any atom is 0.188 e. The molecule has 68 valence electrons. The van der Waals surface area contributed by atoms with Crippen LogP contribution in [0.25, 0.3) is 0 Å². The molecule has 1 heterocycles. The number of thiophene rings is 1. The summed E-state index contributed by atoms with van der Waals surface area (Å²) in [5, 5.41) is 10.1. The second kappa shape index (κ2) is 4.23. The normalized spacial score (nSPS) is 13.0. The predicted molar refractivity (Wildman–Crippen MR) is 52.6 cm³/mol. The average molecular weight is 252 g/mol. The standard InChI is InChI=1S/C7H10BrNO2S/c1-11-7-4(8)2-6(12-7)5(10)3-9/h2,5,10H,3,9H2,1H3/t5-/m1/s1. The van der Waals surface area contributed by atoms with E-state index in [0.717, 1.165) is 14.4 Å². The van der Waals surface area contributed by atoms with E-state index in [2.05, 4.69) is 15.9 Å². The van der Waals surface area contributed by atoms with E-state index in [-0.39, 0.29) is 6.54 Å². The number of aliphatic hydroxyl groups is 1. The first kappa shape index (κ1) is 9.98. The molecule has 0 radical (unpaired) electrons. The van der Waals surface area contributed by atoms with Crippen molar-refractivity contribution in [3.05, 3.63) is 15.4 Å². The van der Waals surface area contributed by atoms with E-state index in [1.165, 1.54) is 11.3 Å². The molecule has 0 aliphatic rings. The summed E-state index contributed by atoms with van der Waals surface area (Å²) in [6.07, 6.45) is -0.588. The molecule has 0 aromatic carbocycles. The third kappa shape index (κ3) is 1.98. The summed E-state index contributed by atoms with van der Waals surface area (Å²) < 4.78 is 5.90. The van der Waals surface area contributed by atoms with Crippen LogP contribution in [0.15, 0.2) is 10.5 Å². The maximum absolute atomic E-state index is 9.37. The van der Waals surface area contributed by atoms with Crippen LogP contribution in [0.2, 0.25) is 0 Å². The van der Waals surface area contributed by atoms with Crippen LogP contribution in [0.1, 0.15) is 11.0 Å². The number of aliphatic hydroxyl groups excluding tert-OH is 1. The molecule has 1 atom stereocenters. The van der Waals surface area contributed by atoms with E-state index in [1.807, 2.05) is 6.07 Å². The topological polar surface area (TPSA) is 55.5 Å². The lowest BCUT2D eigenvalue weighted by Crippen LogP contribution is -2.09. The Morgan fingerprint density at radius 3 is 2.92 bits per heavy atom. The molecule has 1 aromatic rings. The van der Waals surface area contributed by atoms with Gasteiger partial charge in [-0.05, 0) is 22.0 Å². The summed E-state index contributed by atoms with van der Waals surface area (Å²) in [7, 11) is 1.59. The van der Waals surface area contributed by atoms with Gasteiger partial charge in [0.25, 0.3) is 0 Å². The van der Waals surface area contributed by atoms with E-state index in [4.69, 9.17) is 10.5 Å². The van der Waals surface area contributed by atoms with Gasteiger partial charge < -0.3 is 15.6 Å². The Labute approximate surface area is 83.3 Å². The van der Waals surface area contributed by atoms with Gasteiger partial charge in [-0.2, -0.15) is 0 Å². The summed E-state index contributed by atoms with van der Waals surface area (Å²) in [5.74, 6) is 0. The van der Waals surface area contributed by atoms with Crippen LogP contribution in [0.3, 0.4) is 0 Å². The fourth-order valence-corrected chi connectivity index (χ4v) is 2.45. The van der Waals surface area contributed by atoms with Gasteiger partial charge in [-0.15, -0.1) is 11.3 Å². The monoisotopic (exact) mass is 251 g/mol. The SMILES string of the molecule is COc1sc([C@H](O)CN)cc1Br. The van der Waals surface area contributed by atoms with Gasteiger partial charge in [0, 0.05) is 11.4 Å². The predicted octanol–water partition coefficient (Wildman–Crippen LogP) is 1.51.